The van der Waals surface area contributed by atoms with Crippen molar-refractivity contribution in [2.75, 3.05) is 18.6 Å². The summed E-state index contributed by atoms with van der Waals surface area (Å²) in [5, 5.41) is 22.8. The van der Waals surface area contributed by atoms with Gasteiger partial charge in [0.25, 0.3) is 0 Å². The maximum absolute atomic E-state index is 13.9. The number of aromatic amines is 1. The first-order valence-corrected chi connectivity index (χ1v) is 18.2. The summed E-state index contributed by atoms with van der Waals surface area (Å²) in [7, 11) is 0. The molecule has 3 aromatic rings. The number of para-hydroxylation sites is 1. The third kappa shape index (κ3) is 14.2. The van der Waals surface area contributed by atoms with Crippen LogP contribution in [-0.2, 0) is 46.3 Å². The Kier molecular flexibility index (Phi) is 15.7. The van der Waals surface area contributed by atoms with Crippen molar-refractivity contribution < 1.29 is 43.4 Å². The summed E-state index contributed by atoms with van der Waals surface area (Å²) in [5.74, 6) is -5.17. The summed E-state index contributed by atoms with van der Waals surface area (Å²) in [6.45, 7) is 4.49. The Balaban J connectivity index is 1.81. The number of aliphatic carboxylic acids is 1. The fourth-order valence-corrected chi connectivity index (χ4v) is 5.69. The van der Waals surface area contributed by atoms with Gasteiger partial charge in [-0.2, -0.15) is 11.8 Å². The molecule has 1 heterocycles. The molecule has 0 spiro atoms. The van der Waals surface area contributed by atoms with E-state index in [4.69, 9.17) is 10.5 Å². The summed E-state index contributed by atoms with van der Waals surface area (Å²) in [4.78, 5) is 93.1. The first-order chi connectivity index (χ1) is 25.1. The van der Waals surface area contributed by atoms with Crippen LogP contribution in [0.2, 0.25) is 0 Å². The van der Waals surface area contributed by atoms with Gasteiger partial charge in [-0.25, -0.2) is 4.79 Å². The van der Waals surface area contributed by atoms with Crippen LogP contribution in [0.4, 0.5) is 4.79 Å². The smallest absolute Gasteiger partial charge is 0.408 e. The number of carbonyl (C=O) groups is 7. The molecule has 0 aliphatic heterocycles. The minimum Gasteiger partial charge on any atom is -0.481 e. The molecule has 0 radical (unpaired) electrons. The van der Waals surface area contributed by atoms with E-state index in [0.717, 1.165) is 10.9 Å². The number of carboxylic acids is 1. The van der Waals surface area contributed by atoms with Crippen molar-refractivity contribution in [2.45, 2.75) is 76.2 Å². The zero-order valence-corrected chi connectivity index (χ0v) is 30.8. The van der Waals surface area contributed by atoms with Crippen molar-refractivity contribution in [3.05, 3.63) is 71.9 Å². The molecule has 3 rings (SSSR count). The zero-order valence-electron chi connectivity index (χ0n) is 30.0. The van der Waals surface area contributed by atoms with Crippen LogP contribution in [-0.4, -0.2) is 100 Å². The minimum atomic E-state index is -1.63. The molecule has 1 aromatic heterocycles. The zero-order chi connectivity index (χ0) is 39.1. The molecule has 16 nitrogen and oxygen atoms in total. The normalized spacial score (nSPS) is 13.4. The monoisotopic (exact) mass is 753 g/mol. The molecule has 2 aromatic carbocycles. The number of rotatable bonds is 19. The van der Waals surface area contributed by atoms with Gasteiger partial charge in [0.05, 0.1) is 6.42 Å². The SMILES string of the molecule is CSCC[C@H](NC(=O)[C@H](Cc1c[nH]c2ccccc12)NC(=O)CNC(=O)OC(C)(C)C)C(=O)N[C@@H](CC(=O)O)C(=O)N[C@@H](Cc1ccccc1)C(N)=O. The van der Waals surface area contributed by atoms with E-state index < -0.39 is 84.3 Å². The van der Waals surface area contributed by atoms with Crippen LogP contribution in [0.25, 0.3) is 10.9 Å². The third-order valence-corrected chi connectivity index (χ3v) is 8.38. The van der Waals surface area contributed by atoms with E-state index in [-0.39, 0.29) is 19.3 Å². The van der Waals surface area contributed by atoms with Gasteiger partial charge in [-0.15, -0.1) is 0 Å². The maximum Gasteiger partial charge on any atom is 0.408 e. The lowest BCUT2D eigenvalue weighted by Crippen LogP contribution is -2.59. The van der Waals surface area contributed by atoms with Gasteiger partial charge < -0.3 is 47.1 Å². The number of thioether (sulfide) groups is 1. The van der Waals surface area contributed by atoms with Crippen LogP contribution in [0.1, 0.15) is 44.7 Å². The lowest BCUT2D eigenvalue weighted by molar-refractivity contribution is -0.141. The molecule has 4 atom stereocenters. The molecule has 6 amide bonds. The van der Waals surface area contributed by atoms with E-state index in [2.05, 4.69) is 31.6 Å². The molecule has 0 saturated heterocycles. The summed E-state index contributed by atoms with van der Waals surface area (Å²) < 4.78 is 5.17. The molecular weight excluding hydrogens is 707 g/mol. The fraction of sp³-hybridized carbons (Fsp3) is 0.417. The van der Waals surface area contributed by atoms with Gasteiger partial charge in [0.2, 0.25) is 29.5 Å². The predicted molar refractivity (Wildman–Crippen MR) is 199 cm³/mol. The predicted octanol–water partition coefficient (Wildman–Crippen LogP) is 1.13. The highest BCUT2D eigenvalue weighted by Crippen LogP contribution is 2.19. The van der Waals surface area contributed by atoms with E-state index in [9.17, 15) is 38.7 Å². The number of H-pyrrole nitrogens is 1. The van der Waals surface area contributed by atoms with E-state index in [1.807, 2.05) is 24.3 Å². The Morgan fingerprint density at radius 2 is 1.42 bits per heavy atom. The topological polar surface area (TPSA) is 251 Å². The number of hydrogen-bond donors (Lipinski definition) is 8. The first-order valence-electron chi connectivity index (χ1n) is 16.8. The van der Waals surface area contributed by atoms with Crippen molar-refractivity contribution in [3.8, 4) is 0 Å². The third-order valence-electron chi connectivity index (χ3n) is 7.74. The van der Waals surface area contributed by atoms with Gasteiger partial charge in [-0.05, 0) is 56.4 Å². The number of nitrogens with two attached hydrogens (primary N) is 1. The molecule has 0 saturated carbocycles. The lowest BCUT2D eigenvalue weighted by atomic mass is 10.0. The van der Waals surface area contributed by atoms with Crippen molar-refractivity contribution in [1.82, 2.24) is 31.6 Å². The Morgan fingerprint density at radius 1 is 0.811 bits per heavy atom. The van der Waals surface area contributed by atoms with Crippen molar-refractivity contribution >= 4 is 64.3 Å². The van der Waals surface area contributed by atoms with Gasteiger partial charge in [0, 0.05) is 29.9 Å². The molecule has 9 N–H and O–H groups in total. The van der Waals surface area contributed by atoms with Crippen molar-refractivity contribution in [1.29, 1.82) is 0 Å². The molecule has 53 heavy (non-hydrogen) atoms. The molecule has 0 aliphatic carbocycles. The maximum atomic E-state index is 13.9. The number of aromatic nitrogens is 1. The van der Waals surface area contributed by atoms with Crippen LogP contribution in [0.5, 0.6) is 0 Å². The van der Waals surface area contributed by atoms with E-state index >= 15 is 0 Å². The number of carboxylic acid groups (broad SMARTS) is 1. The molecule has 0 fully saturated rings. The molecule has 286 valence electrons. The van der Waals surface area contributed by atoms with E-state index in [0.29, 0.717) is 16.9 Å². The van der Waals surface area contributed by atoms with Crippen molar-refractivity contribution in [3.63, 3.8) is 0 Å². The number of hydrogen-bond acceptors (Lipinski definition) is 9. The van der Waals surface area contributed by atoms with Crippen LogP contribution < -0.4 is 32.3 Å². The Morgan fingerprint density at radius 3 is 2.06 bits per heavy atom. The highest BCUT2D eigenvalue weighted by Gasteiger charge is 2.32. The number of ether oxygens (including phenoxy) is 1. The number of nitrogens with one attached hydrogen (secondary N) is 6. The van der Waals surface area contributed by atoms with Crippen LogP contribution in [0.15, 0.2) is 60.8 Å². The molecule has 0 bridgehead atoms. The van der Waals surface area contributed by atoms with Gasteiger partial charge in [-0.1, -0.05) is 48.5 Å². The summed E-state index contributed by atoms with van der Waals surface area (Å²) >= 11 is 1.38. The van der Waals surface area contributed by atoms with Crippen LogP contribution in [0.3, 0.4) is 0 Å². The molecule has 0 unspecified atom stereocenters. The quantitative estimate of drug-likeness (QED) is 0.0867. The van der Waals surface area contributed by atoms with Gasteiger partial charge in [0.1, 0.15) is 36.3 Å². The lowest BCUT2D eigenvalue weighted by Gasteiger charge is -2.26. The Hall–Kier alpha value is -5.58. The van der Waals surface area contributed by atoms with Gasteiger partial charge in [-0.3, -0.25) is 28.8 Å². The number of amides is 6. The highest BCUT2D eigenvalue weighted by atomic mass is 32.2. The van der Waals surface area contributed by atoms with E-state index in [1.54, 1.807) is 63.6 Å². The largest absolute Gasteiger partial charge is 0.481 e. The Labute approximate surface area is 311 Å². The van der Waals surface area contributed by atoms with Crippen molar-refractivity contribution in [2.24, 2.45) is 5.73 Å². The number of primary amides is 1. The number of fused-ring (bicyclic) bond motifs is 1. The summed E-state index contributed by atoms with van der Waals surface area (Å²) in [5.41, 5.74) is 6.89. The number of benzene rings is 2. The second-order valence-corrected chi connectivity index (χ2v) is 14.2. The average molecular weight is 754 g/mol. The van der Waals surface area contributed by atoms with Crippen LogP contribution in [0, 0.1) is 0 Å². The second-order valence-electron chi connectivity index (χ2n) is 13.2. The first kappa shape index (κ1) is 41.8. The number of alkyl carbamates (subject to hydrolysis) is 1. The minimum absolute atomic E-state index is 0.00907. The van der Waals surface area contributed by atoms with E-state index in [1.165, 1.54) is 11.8 Å². The number of carbonyl (C=O) groups excluding carboxylic acids is 6. The standard InChI is InChI=1S/C36H47N7O9S/c1-36(2,3)52-35(51)39-20-29(44)40-27(17-22-19-38-24-13-9-8-12-23(22)24)33(49)41-25(14-15-53-4)32(48)43-28(18-30(45)46)34(50)42-26(31(37)47)16-21-10-6-5-7-11-21/h5-13,19,25-28,38H,14-18,20H2,1-4H3,(H2,37,47)(H,39,51)(H,40,44)(H,41,49)(H,42,50)(H,43,48)(H,45,46)/t25-,26-,27-,28-/m0/s1. The fourth-order valence-electron chi connectivity index (χ4n) is 5.22. The van der Waals surface area contributed by atoms with Gasteiger partial charge >= 0.3 is 12.1 Å². The van der Waals surface area contributed by atoms with Gasteiger partial charge in [0.15, 0.2) is 0 Å². The highest BCUT2D eigenvalue weighted by molar-refractivity contribution is 7.98. The van der Waals surface area contributed by atoms with Crippen LogP contribution >= 0.6 is 11.8 Å². The average Bonchev–Trinajstić information content (AvgIpc) is 3.50. The molecular formula is C36H47N7O9S. The summed E-state index contributed by atoms with van der Waals surface area (Å²) in [6.07, 6.45) is 1.91. The molecule has 17 heteroatoms. The second kappa shape index (κ2) is 19.9. The Bertz CT molecular complexity index is 1760. The summed E-state index contributed by atoms with van der Waals surface area (Å²) in [6, 6.07) is 10.7. The molecule has 0 aliphatic rings.